The van der Waals surface area contributed by atoms with Crippen molar-refractivity contribution < 1.29 is 33.6 Å². The van der Waals surface area contributed by atoms with E-state index in [0.29, 0.717) is 35.1 Å². The molecule has 0 aromatic heterocycles. The lowest BCUT2D eigenvalue weighted by Gasteiger charge is -2.28. The van der Waals surface area contributed by atoms with Crippen molar-refractivity contribution in [1.82, 2.24) is 16.1 Å². The predicted molar refractivity (Wildman–Crippen MR) is 149 cm³/mol. The van der Waals surface area contributed by atoms with Crippen molar-refractivity contribution in [3.05, 3.63) is 77.0 Å². The number of hydrazone groups is 1. The third kappa shape index (κ3) is 6.26. The first-order valence-electron chi connectivity index (χ1n) is 12.6. The molecular formula is C29H32N4O7. The zero-order valence-electron chi connectivity index (χ0n) is 22.7. The van der Waals surface area contributed by atoms with Crippen molar-refractivity contribution in [3.8, 4) is 17.2 Å². The Morgan fingerprint density at radius 3 is 2.62 bits per heavy atom. The Morgan fingerprint density at radius 1 is 1.10 bits per heavy atom. The minimum absolute atomic E-state index is 0.139. The smallest absolute Gasteiger partial charge is 0.337 e. The number of allylic oxidation sites excluding steroid dienone is 1. The van der Waals surface area contributed by atoms with Crippen LogP contribution in [0.15, 0.2) is 71.0 Å². The van der Waals surface area contributed by atoms with E-state index in [4.69, 9.17) is 18.9 Å². The van der Waals surface area contributed by atoms with Gasteiger partial charge in [-0.25, -0.2) is 9.59 Å². The summed E-state index contributed by atoms with van der Waals surface area (Å²) >= 11 is 0. The molecule has 0 saturated heterocycles. The number of nitrogens with one attached hydrogen (secondary N) is 3. The number of nitrogens with zero attached hydrogens (tertiary/aromatic N) is 1. The van der Waals surface area contributed by atoms with Crippen LogP contribution >= 0.6 is 0 Å². The summed E-state index contributed by atoms with van der Waals surface area (Å²) in [5.41, 5.74) is 4.70. The largest absolute Gasteiger partial charge is 0.496 e. The van der Waals surface area contributed by atoms with Gasteiger partial charge in [-0.1, -0.05) is 36.4 Å². The monoisotopic (exact) mass is 548 g/mol. The lowest BCUT2D eigenvalue weighted by Crippen LogP contribution is -2.45. The standard InChI is InChI=1S/C29H32N4O7/c1-5-39-24-14-19(27-26(28(35)38-4)17(2)31-29(36)32-27)11-13-23(24)40-16-25(34)33-30-15-21-20-9-7-6-8-18(20)10-12-22(21)37-3/h6-15,25,27,33-34H,5,16H2,1-4H3,(H2,31,32,36)/b30-15+/t25-,27-/m1/s1. The number of fused-ring (bicyclic) bond motifs is 1. The highest BCUT2D eigenvalue weighted by Gasteiger charge is 2.32. The number of ether oxygens (including phenoxy) is 4. The van der Waals surface area contributed by atoms with Gasteiger partial charge in [0.1, 0.15) is 12.4 Å². The maximum Gasteiger partial charge on any atom is 0.337 e. The average molecular weight is 549 g/mol. The van der Waals surface area contributed by atoms with Gasteiger partial charge in [-0.2, -0.15) is 5.10 Å². The molecule has 2 amide bonds. The van der Waals surface area contributed by atoms with Crippen LogP contribution in [0, 0.1) is 0 Å². The number of aliphatic hydroxyl groups is 1. The zero-order chi connectivity index (χ0) is 28.6. The molecular weight excluding hydrogens is 516 g/mol. The van der Waals surface area contributed by atoms with E-state index in [1.807, 2.05) is 43.3 Å². The Labute approximate surface area is 231 Å². The summed E-state index contributed by atoms with van der Waals surface area (Å²) in [6, 6.07) is 15.5. The minimum atomic E-state index is -1.13. The van der Waals surface area contributed by atoms with Crippen molar-refractivity contribution >= 4 is 29.0 Å². The minimum Gasteiger partial charge on any atom is -0.496 e. The lowest BCUT2D eigenvalue weighted by atomic mass is 9.95. The van der Waals surface area contributed by atoms with Gasteiger partial charge in [0.05, 0.1) is 38.7 Å². The first-order chi connectivity index (χ1) is 19.4. The van der Waals surface area contributed by atoms with E-state index in [1.165, 1.54) is 7.11 Å². The van der Waals surface area contributed by atoms with Gasteiger partial charge in [0.25, 0.3) is 0 Å². The molecule has 1 heterocycles. The van der Waals surface area contributed by atoms with E-state index in [0.717, 1.165) is 16.3 Å². The fourth-order valence-electron chi connectivity index (χ4n) is 4.40. The van der Waals surface area contributed by atoms with Gasteiger partial charge in [0.15, 0.2) is 17.7 Å². The van der Waals surface area contributed by atoms with E-state index in [9.17, 15) is 14.7 Å². The molecule has 4 N–H and O–H groups in total. The Hall–Kier alpha value is -4.77. The number of esters is 1. The third-order valence-electron chi connectivity index (χ3n) is 6.24. The molecule has 3 aromatic carbocycles. The Morgan fingerprint density at radius 2 is 1.88 bits per heavy atom. The molecule has 2 atom stereocenters. The van der Waals surface area contributed by atoms with Gasteiger partial charge < -0.3 is 34.7 Å². The molecule has 0 saturated carbocycles. The maximum atomic E-state index is 12.4. The number of aliphatic hydroxyl groups excluding tert-OH is 1. The summed E-state index contributed by atoms with van der Waals surface area (Å²) in [7, 11) is 2.87. The predicted octanol–water partition coefficient (Wildman–Crippen LogP) is 3.37. The number of hydrogen-bond acceptors (Lipinski definition) is 9. The van der Waals surface area contributed by atoms with Crippen molar-refractivity contribution in [2.24, 2.45) is 5.10 Å². The molecule has 0 radical (unpaired) electrons. The van der Waals surface area contributed by atoms with E-state index in [-0.39, 0.29) is 12.2 Å². The molecule has 4 rings (SSSR count). The van der Waals surface area contributed by atoms with Crippen LogP contribution in [-0.4, -0.2) is 57.0 Å². The Kier molecular flexibility index (Phi) is 9.07. The van der Waals surface area contributed by atoms with Crippen LogP contribution in [-0.2, 0) is 9.53 Å². The molecule has 1 aliphatic heterocycles. The number of methoxy groups -OCH3 is 2. The van der Waals surface area contributed by atoms with Gasteiger partial charge in [-0.3, -0.25) is 5.43 Å². The number of rotatable bonds is 11. The number of amides is 2. The second kappa shape index (κ2) is 12.9. The number of carbonyl (C=O) groups excluding carboxylic acids is 2. The number of hydrogen-bond donors (Lipinski definition) is 4. The normalized spacial score (nSPS) is 15.8. The molecule has 11 nitrogen and oxygen atoms in total. The highest BCUT2D eigenvalue weighted by Crippen LogP contribution is 2.35. The maximum absolute atomic E-state index is 12.4. The van der Waals surface area contributed by atoms with E-state index >= 15 is 0 Å². The lowest BCUT2D eigenvalue weighted by molar-refractivity contribution is -0.136. The van der Waals surface area contributed by atoms with Crippen molar-refractivity contribution in [3.63, 3.8) is 0 Å². The number of carbonyl (C=O) groups is 2. The van der Waals surface area contributed by atoms with E-state index < -0.39 is 24.3 Å². The molecule has 40 heavy (non-hydrogen) atoms. The molecule has 0 bridgehead atoms. The van der Waals surface area contributed by atoms with Crippen molar-refractivity contribution in [2.75, 3.05) is 27.4 Å². The molecule has 0 spiro atoms. The SMILES string of the molecule is CCOc1cc([C@H]2NC(=O)NC(C)=C2C(=O)OC)ccc1OC[C@@H](O)N/N=C/c1c(OC)ccc2ccccc12. The summed E-state index contributed by atoms with van der Waals surface area (Å²) in [5, 5.41) is 22.0. The van der Waals surface area contributed by atoms with Crippen LogP contribution in [0.3, 0.4) is 0 Å². The molecule has 1 aliphatic rings. The number of urea groups is 1. The van der Waals surface area contributed by atoms with E-state index in [1.54, 1.807) is 38.4 Å². The van der Waals surface area contributed by atoms with Crippen LogP contribution in [0.5, 0.6) is 17.2 Å². The fraction of sp³-hybridized carbons (Fsp3) is 0.276. The summed E-state index contributed by atoms with van der Waals surface area (Å²) in [5.74, 6) is 0.837. The topological polar surface area (TPSA) is 140 Å². The summed E-state index contributed by atoms with van der Waals surface area (Å²) in [4.78, 5) is 24.5. The van der Waals surface area contributed by atoms with Gasteiger partial charge in [0.2, 0.25) is 0 Å². The van der Waals surface area contributed by atoms with E-state index in [2.05, 4.69) is 21.2 Å². The van der Waals surface area contributed by atoms with Gasteiger partial charge in [-0.15, -0.1) is 0 Å². The Bertz CT molecular complexity index is 1450. The number of benzene rings is 3. The molecule has 0 unspecified atom stereocenters. The van der Waals surface area contributed by atoms with Gasteiger partial charge >= 0.3 is 12.0 Å². The zero-order valence-corrected chi connectivity index (χ0v) is 22.7. The second-order valence-electron chi connectivity index (χ2n) is 8.82. The summed E-state index contributed by atoms with van der Waals surface area (Å²) in [6.45, 7) is 3.65. The van der Waals surface area contributed by atoms with Crippen molar-refractivity contribution in [1.29, 1.82) is 0 Å². The molecule has 0 aliphatic carbocycles. The molecule has 210 valence electrons. The van der Waals surface area contributed by atoms with Crippen molar-refractivity contribution in [2.45, 2.75) is 26.1 Å². The second-order valence-corrected chi connectivity index (χ2v) is 8.82. The fourth-order valence-corrected chi connectivity index (χ4v) is 4.40. The molecule has 0 fully saturated rings. The van der Waals surface area contributed by atoms with Crippen LogP contribution in [0.25, 0.3) is 10.8 Å². The first kappa shape index (κ1) is 28.2. The quantitative estimate of drug-likeness (QED) is 0.124. The van der Waals surface area contributed by atoms with Gasteiger partial charge in [0, 0.05) is 11.3 Å². The van der Waals surface area contributed by atoms with Crippen LogP contribution in [0.1, 0.15) is 31.0 Å². The first-order valence-corrected chi connectivity index (χ1v) is 12.6. The van der Waals surface area contributed by atoms with Crippen LogP contribution in [0.2, 0.25) is 0 Å². The summed E-state index contributed by atoms with van der Waals surface area (Å²) < 4.78 is 21.9. The highest BCUT2D eigenvalue weighted by atomic mass is 16.5. The third-order valence-corrected chi connectivity index (χ3v) is 6.24. The summed E-state index contributed by atoms with van der Waals surface area (Å²) in [6.07, 6.45) is 0.457. The Balaban J connectivity index is 1.47. The average Bonchev–Trinajstić information content (AvgIpc) is 2.96. The van der Waals surface area contributed by atoms with Crippen LogP contribution in [0.4, 0.5) is 4.79 Å². The molecule has 11 heteroatoms. The van der Waals surface area contributed by atoms with Gasteiger partial charge in [-0.05, 0) is 48.4 Å². The molecule has 3 aromatic rings. The highest BCUT2D eigenvalue weighted by molar-refractivity contribution is 6.02. The van der Waals surface area contributed by atoms with Crippen LogP contribution < -0.4 is 30.3 Å².